The van der Waals surface area contributed by atoms with Crippen molar-refractivity contribution >= 4 is 43.3 Å². The van der Waals surface area contributed by atoms with Crippen molar-refractivity contribution in [3.63, 3.8) is 0 Å². The molecule has 0 amide bonds. The highest BCUT2D eigenvalue weighted by molar-refractivity contribution is 6.19. The minimum Gasteiger partial charge on any atom is -0.456 e. The van der Waals surface area contributed by atoms with Gasteiger partial charge >= 0.3 is 0 Å². The summed E-state index contributed by atoms with van der Waals surface area (Å²) in [5, 5.41) is 8.02. The second-order valence-electron chi connectivity index (χ2n) is 11.3. The van der Waals surface area contributed by atoms with Gasteiger partial charge in [0.2, 0.25) is 0 Å². The predicted octanol–water partition coefficient (Wildman–Crippen LogP) is 10.7. The van der Waals surface area contributed by atoms with Crippen molar-refractivity contribution in [1.82, 2.24) is 15.0 Å². The number of benzene rings is 7. The molecule has 0 saturated heterocycles. The van der Waals surface area contributed by atoms with Gasteiger partial charge in [0.25, 0.3) is 0 Å². The Balaban J connectivity index is 1.31. The van der Waals surface area contributed by atoms with Crippen LogP contribution in [0, 0.1) is 0 Å². The molecule has 210 valence electrons. The first-order chi connectivity index (χ1) is 22.3. The third-order valence-corrected chi connectivity index (χ3v) is 8.49. The van der Waals surface area contributed by atoms with E-state index in [1.165, 1.54) is 16.2 Å². The third-order valence-electron chi connectivity index (χ3n) is 8.49. The molecule has 0 atom stereocenters. The first-order valence-corrected chi connectivity index (χ1v) is 15.0. The van der Waals surface area contributed by atoms with Gasteiger partial charge in [0.15, 0.2) is 17.5 Å². The van der Waals surface area contributed by atoms with Gasteiger partial charge in [-0.3, -0.25) is 0 Å². The maximum Gasteiger partial charge on any atom is 0.165 e. The normalized spacial score (nSPS) is 11.6. The van der Waals surface area contributed by atoms with Crippen LogP contribution in [0.3, 0.4) is 0 Å². The van der Waals surface area contributed by atoms with Crippen molar-refractivity contribution in [1.29, 1.82) is 0 Å². The zero-order valence-corrected chi connectivity index (χ0v) is 24.2. The molecular formula is C41H25N3O. The summed E-state index contributed by atoms with van der Waals surface area (Å²) in [5.41, 5.74) is 4.66. The fourth-order valence-corrected chi connectivity index (χ4v) is 6.33. The second kappa shape index (κ2) is 10.2. The average Bonchev–Trinajstić information content (AvgIpc) is 3.55. The van der Waals surface area contributed by atoms with Crippen molar-refractivity contribution in [2.24, 2.45) is 0 Å². The molecule has 0 aliphatic carbocycles. The van der Waals surface area contributed by atoms with E-state index in [1.807, 2.05) is 54.6 Å². The van der Waals surface area contributed by atoms with E-state index in [4.69, 9.17) is 19.4 Å². The first kappa shape index (κ1) is 25.4. The number of hydrogen-bond acceptors (Lipinski definition) is 4. The maximum absolute atomic E-state index is 6.21. The Hall–Kier alpha value is -6.13. The summed E-state index contributed by atoms with van der Waals surface area (Å²) in [4.78, 5) is 15.4. The fraction of sp³-hybridized carbons (Fsp3) is 0. The van der Waals surface area contributed by atoms with E-state index < -0.39 is 0 Å². The van der Waals surface area contributed by atoms with Crippen LogP contribution < -0.4 is 0 Å². The molecule has 0 aliphatic rings. The lowest BCUT2D eigenvalue weighted by molar-refractivity contribution is 0.631. The molecule has 2 heterocycles. The van der Waals surface area contributed by atoms with Crippen molar-refractivity contribution in [3.05, 3.63) is 152 Å². The van der Waals surface area contributed by atoms with Crippen LogP contribution in [0.25, 0.3) is 88.8 Å². The van der Waals surface area contributed by atoms with E-state index in [-0.39, 0.29) is 0 Å². The minimum atomic E-state index is 0.610. The zero-order chi connectivity index (χ0) is 29.7. The quantitative estimate of drug-likeness (QED) is 0.155. The smallest absolute Gasteiger partial charge is 0.165 e. The van der Waals surface area contributed by atoms with Gasteiger partial charge in [-0.15, -0.1) is 0 Å². The number of nitrogens with zero attached hydrogens (tertiary/aromatic N) is 3. The lowest BCUT2D eigenvalue weighted by Gasteiger charge is -2.14. The molecule has 2 aromatic heterocycles. The van der Waals surface area contributed by atoms with Gasteiger partial charge in [-0.1, -0.05) is 127 Å². The number of para-hydroxylation sites is 1. The summed E-state index contributed by atoms with van der Waals surface area (Å²) in [5.74, 6) is 2.69. The van der Waals surface area contributed by atoms with Crippen LogP contribution in [0.5, 0.6) is 0 Å². The highest BCUT2D eigenvalue weighted by Gasteiger charge is 2.18. The summed E-state index contributed by atoms with van der Waals surface area (Å²) < 4.78 is 6.21. The Morgan fingerprint density at radius 2 is 1.00 bits per heavy atom. The fourth-order valence-electron chi connectivity index (χ4n) is 6.33. The Morgan fingerprint density at radius 3 is 1.84 bits per heavy atom. The summed E-state index contributed by atoms with van der Waals surface area (Å²) in [6.45, 7) is 0. The highest BCUT2D eigenvalue weighted by atomic mass is 16.3. The van der Waals surface area contributed by atoms with Gasteiger partial charge in [0, 0.05) is 27.6 Å². The van der Waals surface area contributed by atoms with Crippen LogP contribution in [0.4, 0.5) is 0 Å². The van der Waals surface area contributed by atoms with Crippen LogP contribution in [0.1, 0.15) is 0 Å². The Morgan fingerprint density at radius 1 is 0.356 bits per heavy atom. The summed E-state index contributed by atoms with van der Waals surface area (Å²) in [7, 11) is 0. The van der Waals surface area contributed by atoms with Crippen LogP contribution in [-0.4, -0.2) is 15.0 Å². The standard InChI is InChI=1S/C41H25N3O/c1-2-12-27(13-3-1)39-42-40(31-17-10-16-29(23-31)37-25-30-15-6-9-20-36(30)45-37)44-41(43-39)38-33-19-8-5-14-28(33)24-35-32-18-7-4-11-26(32)21-22-34(35)38/h1-25H. The molecule has 0 saturated carbocycles. The molecule has 0 bridgehead atoms. The van der Waals surface area contributed by atoms with Crippen molar-refractivity contribution < 1.29 is 4.42 Å². The van der Waals surface area contributed by atoms with Crippen LogP contribution in [0.15, 0.2) is 156 Å². The molecular weight excluding hydrogens is 550 g/mol. The molecule has 0 fully saturated rings. The summed E-state index contributed by atoms with van der Waals surface area (Å²) >= 11 is 0. The number of furan rings is 1. The molecule has 0 N–H and O–H groups in total. The van der Waals surface area contributed by atoms with Gasteiger partial charge in [0.05, 0.1) is 0 Å². The number of aromatic nitrogens is 3. The monoisotopic (exact) mass is 575 g/mol. The zero-order valence-electron chi connectivity index (χ0n) is 24.2. The third kappa shape index (κ3) is 4.35. The lowest BCUT2D eigenvalue weighted by Crippen LogP contribution is -2.01. The van der Waals surface area contributed by atoms with Gasteiger partial charge in [-0.25, -0.2) is 15.0 Å². The van der Waals surface area contributed by atoms with Crippen LogP contribution in [-0.2, 0) is 0 Å². The number of hydrogen-bond donors (Lipinski definition) is 0. The van der Waals surface area contributed by atoms with E-state index in [2.05, 4.69) is 97.1 Å². The molecule has 45 heavy (non-hydrogen) atoms. The number of rotatable bonds is 4. The topological polar surface area (TPSA) is 51.8 Å². The maximum atomic E-state index is 6.21. The largest absolute Gasteiger partial charge is 0.456 e. The van der Waals surface area contributed by atoms with E-state index in [1.54, 1.807) is 0 Å². The second-order valence-corrected chi connectivity index (χ2v) is 11.3. The Kier molecular flexibility index (Phi) is 5.78. The van der Waals surface area contributed by atoms with E-state index in [0.29, 0.717) is 17.5 Å². The van der Waals surface area contributed by atoms with Crippen molar-refractivity contribution in [2.45, 2.75) is 0 Å². The Labute approximate surface area is 259 Å². The molecule has 9 rings (SSSR count). The SMILES string of the molecule is c1ccc(-c2nc(-c3cccc(-c4cc5ccccc5o4)c3)nc(-c3c4ccccc4cc4c3ccc3ccccc34)n2)cc1. The van der Waals surface area contributed by atoms with E-state index in [0.717, 1.165) is 55.1 Å². The van der Waals surface area contributed by atoms with Crippen LogP contribution in [0.2, 0.25) is 0 Å². The molecule has 0 aliphatic heterocycles. The molecule has 4 nitrogen and oxygen atoms in total. The predicted molar refractivity (Wildman–Crippen MR) is 184 cm³/mol. The average molecular weight is 576 g/mol. The Bertz CT molecular complexity index is 2520. The molecule has 7 aromatic carbocycles. The van der Waals surface area contributed by atoms with Gasteiger partial charge in [-0.05, 0) is 56.6 Å². The van der Waals surface area contributed by atoms with Crippen molar-refractivity contribution in [2.75, 3.05) is 0 Å². The molecule has 0 radical (unpaired) electrons. The van der Waals surface area contributed by atoms with E-state index in [9.17, 15) is 0 Å². The molecule has 0 spiro atoms. The van der Waals surface area contributed by atoms with Crippen LogP contribution >= 0.6 is 0 Å². The summed E-state index contributed by atoms with van der Waals surface area (Å²) in [6.07, 6.45) is 0. The summed E-state index contributed by atoms with van der Waals surface area (Å²) in [6, 6.07) is 52.2. The van der Waals surface area contributed by atoms with Gasteiger partial charge in [0.1, 0.15) is 11.3 Å². The van der Waals surface area contributed by atoms with E-state index >= 15 is 0 Å². The lowest BCUT2D eigenvalue weighted by atomic mass is 9.93. The van der Waals surface area contributed by atoms with Crippen molar-refractivity contribution in [3.8, 4) is 45.5 Å². The molecule has 9 aromatic rings. The highest BCUT2D eigenvalue weighted by Crippen LogP contribution is 2.39. The first-order valence-electron chi connectivity index (χ1n) is 15.0. The minimum absolute atomic E-state index is 0.610. The van der Waals surface area contributed by atoms with Gasteiger partial charge in [-0.2, -0.15) is 0 Å². The molecule has 0 unspecified atom stereocenters. The molecule has 4 heteroatoms. The number of fused-ring (bicyclic) bond motifs is 5. The van der Waals surface area contributed by atoms with Gasteiger partial charge < -0.3 is 4.42 Å².